The Morgan fingerprint density at radius 3 is 2.40 bits per heavy atom. The molecule has 5 heteroatoms. The van der Waals surface area contributed by atoms with E-state index in [0.29, 0.717) is 30.5 Å². The first-order chi connectivity index (χ1) is 9.11. The number of nitrogens with zero attached hydrogens (tertiary/aromatic N) is 2. The van der Waals surface area contributed by atoms with E-state index < -0.39 is 0 Å². The molecule has 2 fully saturated rings. The van der Waals surface area contributed by atoms with Crippen molar-refractivity contribution in [1.82, 2.24) is 9.80 Å². The van der Waals surface area contributed by atoms with Crippen molar-refractivity contribution in [2.45, 2.75) is 58.0 Å². The lowest BCUT2D eigenvalue weighted by atomic mass is 9.96. The maximum Gasteiger partial charge on any atom is 0.237 e. The number of piperidine rings is 2. The van der Waals surface area contributed by atoms with Gasteiger partial charge in [0.05, 0.1) is 6.54 Å². The highest BCUT2D eigenvalue weighted by atomic mass is 35.5. The molecule has 2 N–H and O–H groups in total. The second kappa shape index (κ2) is 8.20. The summed E-state index contributed by atoms with van der Waals surface area (Å²) in [6.07, 6.45) is 5.96. The highest BCUT2D eigenvalue weighted by Gasteiger charge is 2.30. The highest BCUT2D eigenvalue weighted by molar-refractivity contribution is 5.85. The van der Waals surface area contributed by atoms with Gasteiger partial charge in [-0.1, -0.05) is 0 Å². The van der Waals surface area contributed by atoms with Crippen LogP contribution in [0.1, 0.15) is 46.0 Å². The molecule has 0 aromatic rings. The third-order valence-corrected chi connectivity index (χ3v) is 4.78. The number of carbonyl (C=O) groups excluding carboxylic acids is 1. The lowest BCUT2D eigenvalue weighted by molar-refractivity contribution is -0.138. The van der Waals surface area contributed by atoms with Crippen LogP contribution in [0, 0.1) is 5.92 Å². The van der Waals surface area contributed by atoms with Crippen LogP contribution >= 0.6 is 12.4 Å². The van der Waals surface area contributed by atoms with E-state index in [9.17, 15) is 4.79 Å². The van der Waals surface area contributed by atoms with Gasteiger partial charge in [0.2, 0.25) is 5.91 Å². The molecule has 118 valence electrons. The predicted octanol–water partition coefficient (Wildman–Crippen LogP) is 1.87. The first-order valence-electron chi connectivity index (χ1n) is 7.85. The van der Waals surface area contributed by atoms with Gasteiger partial charge in [-0.2, -0.15) is 0 Å². The van der Waals surface area contributed by atoms with Gasteiger partial charge in [-0.05, 0) is 65.0 Å². The van der Waals surface area contributed by atoms with Gasteiger partial charge in [0.1, 0.15) is 0 Å². The zero-order valence-corrected chi connectivity index (χ0v) is 13.7. The molecular weight excluding hydrogens is 274 g/mol. The molecule has 0 radical (unpaired) electrons. The molecule has 3 unspecified atom stereocenters. The number of carbonyl (C=O) groups is 1. The molecule has 2 aliphatic heterocycles. The molecular formula is C15H30ClN3O. The fourth-order valence-corrected chi connectivity index (χ4v) is 3.67. The predicted molar refractivity (Wildman–Crippen MR) is 85.1 cm³/mol. The zero-order valence-electron chi connectivity index (χ0n) is 12.9. The number of nitrogens with two attached hydrogens (primary N) is 1. The van der Waals surface area contributed by atoms with E-state index in [4.69, 9.17) is 5.73 Å². The van der Waals surface area contributed by atoms with Crippen molar-refractivity contribution < 1.29 is 4.79 Å². The fourth-order valence-electron chi connectivity index (χ4n) is 3.67. The highest BCUT2D eigenvalue weighted by Crippen LogP contribution is 2.23. The molecule has 0 bridgehead atoms. The number of likely N-dealkylation sites (tertiary alicyclic amines) is 2. The van der Waals surface area contributed by atoms with Crippen LogP contribution in [0.5, 0.6) is 0 Å². The van der Waals surface area contributed by atoms with E-state index in [2.05, 4.69) is 23.6 Å². The van der Waals surface area contributed by atoms with Crippen LogP contribution in [0.15, 0.2) is 0 Å². The second-order valence-electron chi connectivity index (χ2n) is 6.41. The Kier molecular flexibility index (Phi) is 7.27. The Hall–Kier alpha value is -0.320. The van der Waals surface area contributed by atoms with E-state index in [1.54, 1.807) is 0 Å². The normalized spacial score (nSPS) is 31.8. The molecule has 1 amide bonds. The van der Waals surface area contributed by atoms with E-state index >= 15 is 0 Å². The monoisotopic (exact) mass is 303 g/mol. The molecule has 0 aliphatic carbocycles. The Morgan fingerprint density at radius 1 is 1.15 bits per heavy atom. The maximum absolute atomic E-state index is 12.5. The van der Waals surface area contributed by atoms with Crippen LogP contribution < -0.4 is 5.73 Å². The van der Waals surface area contributed by atoms with Crippen LogP contribution in [-0.2, 0) is 4.79 Å². The number of hydrogen-bond acceptors (Lipinski definition) is 3. The van der Waals surface area contributed by atoms with Gasteiger partial charge in [-0.15, -0.1) is 12.4 Å². The van der Waals surface area contributed by atoms with Crippen molar-refractivity contribution >= 4 is 18.3 Å². The van der Waals surface area contributed by atoms with Crippen LogP contribution in [0.2, 0.25) is 0 Å². The lowest BCUT2D eigenvalue weighted by Gasteiger charge is -2.41. The van der Waals surface area contributed by atoms with Gasteiger partial charge >= 0.3 is 0 Å². The molecule has 20 heavy (non-hydrogen) atoms. The summed E-state index contributed by atoms with van der Waals surface area (Å²) in [5.74, 6) is 0.898. The summed E-state index contributed by atoms with van der Waals surface area (Å²) in [5, 5.41) is 0. The smallest absolute Gasteiger partial charge is 0.237 e. The Morgan fingerprint density at radius 2 is 1.80 bits per heavy atom. The lowest BCUT2D eigenvalue weighted by Crippen LogP contribution is -2.52. The fraction of sp³-hybridized carbons (Fsp3) is 0.933. The first-order valence-corrected chi connectivity index (χ1v) is 7.85. The minimum Gasteiger partial charge on any atom is -0.336 e. The molecule has 2 saturated heterocycles. The topological polar surface area (TPSA) is 49.6 Å². The molecule has 0 saturated carbocycles. The SMILES string of the molecule is CC1CCCC(C)N1C(=O)CN1CCCC(CN)C1.Cl. The van der Waals surface area contributed by atoms with Crippen LogP contribution in [0.25, 0.3) is 0 Å². The molecule has 4 nitrogen and oxygen atoms in total. The van der Waals surface area contributed by atoms with Gasteiger partial charge in [0, 0.05) is 18.6 Å². The summed E-state index contributed by atoms with van der Waals surface area (Å²) in [6, 6.07) is 0.817. The van der Waals surface area contributed by atoms with Gasteiger partial charge in [0.15, 0.2) is 0 Å². The minimum absolute atomic E-state index is 0. The molecule has 0 spiro atoms. The Labute approximate surface area is 129 Å². The minimum atomic E-state index is 0. The maximum atomic E-state index is 12.5. The number of amides is 1. The quantitative estimate of drug-likeness (QED) is 0.866. The largest absolute Gasteiger partial charge is 0.336 e. The third-order valence-electron chi connectivity index (χ3n) is 4.78. The van der Waals surface area contributed by atoms with Crippen molar-refractivity contribution in [3.8, 4) is 0 Å². The van der Waals surface area contributed by atoms with E-state index in [-0.39, 0.29) is 12.4 Å². The molecule has 2 heterocycles. The number of rotatable bonds is 3. The average Bonchev–Trinajstić information content (AvgIpc) is 2.38. The number of hydrogen-bond donors (Lipinski definition) is 1. The summed E-state index contributed by atoms with van der Waals surface area (Å²) in [6.45, 7) is 7.77. The van der Waals surface area contributed by atoms with Crippen molar-refractivity contribution in [2.75, 3.05) is 26.2 Å². The van der Waals surface area contributed by atoms with Crippen molar-refractivity contribution in [2.24, 2.45) is 11.7 Å². The summed E-state index contributed by atoms with van der Waals surface area (Å²) in [4.78, 5) is 17.0. The number of halogens is 1. The van der Waals surface area contributed by atoms with Crippen LogP contribution in [-0.4, -0.2) is 54.0 Å². The van der Waals surface area contributed by atoms with Crippen molar-refractivity contribution in [1.29, 1.82) is 0 Å². The Bertz CT molecular complexity index is 303. The molecule has 3 atom stereocenters. The summed E-state index contributed by atoms with van der Waals surface area (Å²) in [7, 11) is 0. The van der Waals surface area contributed by atoms with Gasteiger partial charge < -0.3 is 10.6 Å². The van der Waals surface area contributed by atoms with E-state index in [1.165, 1.54) is 19.3 Å². The Balaban J connectivity index is 0.00000200. The third kappa shape index (κ3) is 4.34. The summed E-state index contributed by atoms with van der Waals surface area (Å²) >= 11 is 0. The first kappa shape index (κ1) is 17.7. The zero-order chi connectivity index (χ0) is 13.8. The van der Waals surface area contributed by atoms with Crippen LogP contribution in [0.3, 0.4) is 0 Å². The van der Waals surface area contributed by atoms with Crippen LogP contribution in [0.4, 0.5) is 0 Å². The van der Waals surface area contributed by atoms with E-state index in [1.807, 2.05) is 0 Å². The average molecular weight is 304 g/mol. The summed E-state index contributed by atoms with van der Waals surface area (Å²) in [5.41, 5.74) is 5.76. The van der Waals surface area contributed by atoms with Crippen molar-refractivity contribution in [3.63, 3.8) is 0 Å². The summed E-state index contributed by atoms with van der Waals surface area (Å²) < 4.78 is 0. The second-order valence-corrected chi connectivity index (χ2v) is 6.41. The van der Waals surface area contributed by atoms with Gasteiger partial charge in [-0.3, -0.25) is 9.69 Å². The molecule has 2 rings (SSSR count). The molecule has 2 aliphatic rings. The molecule has 0 aromatic heterocycles. The van der Waals surface area contributed by atoms with Gasteiger partial charge in [-0.25, -0.2) is 0 Å². The van der Waals surface area contributed by atoms with Crippen molar-refractivity contribution in [3.05, 3.63) is 0 Å². The molecule has 0 aromatic carbocycles. The van der Waals surface area contributed by atoms with Gasteiger partial charge in [0.25, 0.3) is 0 Å². The standard InChI is InChI=1S/C15H29N3O.ClH/c1-12-5-3-6-13(2)18(12)15(19)11-17-8-4-7-14(9-16)10-17;/h12-14H,3-11,16H2,1-2H3;1H. The van der Waals surface area contributed by atoms with E-state index in [0.717, 1.165) is 32.5 Å².